The highest BCUT2D eigenvalue weighted by Crippen LogP contribution is 2.26. The van der Waals surface area contributed by atoms with Crippen molar-refractivity contribution in [2.24, 2.45) is 0 Å². The normalized spacial score (nSPS) is 12.2. The van der Waals surface area contributed by atoms with Gasteiger partial charge in [0.05, 0.1) is 16.6 Å². The minimum absolute atomic E-state index is 0.0334. The number of hydrogen-bond acceptors (Lipinski definition) is 2. The summed E-state index contributed by atoms with van der Waals surface area (Å²) in [7, 11) is 0. The summed E-state index contributed by atoms with van der Waals surface area (Å²) in [6.07, 6.45) is 1.69. The molecule has 2 nitrogen and oxygen atoms in total. The van der Waals surface area contributed by atoms with Crippen molar-refractivity contribution < 1.29 is 4.79 Å². The number of halogens is 2. The van der Waals surface area contributed by atoms with E-state index in [2.05, 4.69) is 20.9 Å². The van der Waals surface area contributed by atoms with Crippen molar-refractivity contribution in [1.82, 2.24) is 4.98 Å². The number of rotatable bonds is 3. The quantitative estimate of drug-likeness (QED) is 0.779. The second-order valence-electron chi connectivity index (χ2n) is 3.97. The average molecular weight is 325 g/mol. The van der Waals surface area contributed by atoms with Gasteiger partial charge in [0.25, 0.3) is 0 Å². The molecule has 0 spiro atoms. The van der Waals surface area contributed by atoms with Gasteiger partial charge in [-0.05, 0) is 53.2 Å². The van der Waals surface area contributed by atoms with Crippen LogP contribution in [0.4, 0.5) is 0 Å². The molecule has 1 heterocycles. The molecule has 1 atom stereocenters. The van der Waals surface area contributed by atoms with Gasteiger partial charge < -0.3 is 0 Å². The number of benzene rings is 1. The van der Waals surface area contributed by atoms with E-state index in [0.29, 0.717) is 10.6 Å². The van der Waals surface area contributed by atoms with Crippen LogP contribution in [0.1, 0.15) is 28.9 Å². The van der Waals surface area contributed by atoms with E-state index < -0.39 is 0 Å². The molecule has 18 heavy (non-hydrogen) atoms. The minimum atomic E-state index is -0.265. The van der Waals surface area contributed by atoms with Crippen LogP contribution in [0.15, 0.2) is 47.1 Å². The van der Waals surface area contributed by atoms with E-state index in [1.807, 2.05) is 25.1 Å². The molecule has 0 bridgehead atoms. The highest BCUT2D eigenvalue weighted by Gasteiger charge is 2.18. The van der Waals surface area contributed by atoms with Crippen LogP contribution < -0.4 is 0 Å². The van der Waals surface area contributed by atoms with E-state index in [1.54, 1.807) is 24.4 Å². The molecule has 0 saturated heterocycles. The van der Waals surface area contributed by atoms with E-state index in [-0.39, 0.29) is 11.7 Å². The Bertz CT molecular complexity index is 571. The third-order valence-electron chi connectivity index (χ3n) is 2.73. The smallest absolute Gasteiger partial charge is 0.171 e. The number of hydrogen-bond donors (Lipinski definition) is 0. The molecule has 2 rings (SSSR count). The Balaban J connectivity index is 2.29. The van der Waals surface area contributed by atoms with Gasteiger partial charge in [-0.3, -0.25) is 9.78 Å². The first kappa shape index (κ1) is 13.2. The SMILES string of the molecule is CC(C(=O)c1ccc(Cl)c(Br)c1)c1ccccn1. The number of aromatic nitrogens is 1. The summed E-state index contributed by atoms with van der Waals surface area (Å²) >= 11 is 9.23. The zero-order valence-electron chi connectivity index (χ0n) is 9.73. The van der Waals surface area contributed by atoms with Crippen molar-refractivity contribution in [3.63, 3.8) is 0 Å². The molecular formula is C14H11BrClNO. The molecule has 0 saturated carbocycles. The molecule has 0 N–H and O–H groups in total. The second kappa shape index (κ2) is 5.63. The highest BCUT2D eigenvalue weighted by molar-refractivity contribution is 9.10. The summed E-state index contributed by atoms with van der Waals surface area (Å²) in [5, 5.41) is 0.594. The Hall–Kier alpha value is -1.19. The van der Waals surface area contributed by atoms with Gasteiger partial charge in [0, 0.05) is 16.2 Å². The number of carbonyl (C=O) groups is 1. The van der Waals surface area contributed by atoms with Crippen molar-refractivity contribution in [3.8, 4) is 0 Å². The van der Waals surface area contributed by atoms with Crippen molar-refractivity contribution in [3.05, 3.63) is 63.3 Å². The molecule has 0 aliphatic carbocycles. The highest BCUT2D eigenvalue weighted by atomic mass is 79.9. The van der Waals surface area contributed by atoms with Crippen LogP contribution in [-0.4, -0.2) is 10.8 Å². The number of nitrogens with zero attached hydrogens (tertiary/aromatic N) is 1. The van der Waals surface area contributed by atoms with E-state index in [9.17, 15) is 4.79 Å². The summed E-state index contributed by atoms with van der Waals surface area (Å²) in [5.74, 6) is -0.231. The fourth-order valence-corrected chi connectivity index (χ4v) is 2.16. The molecule has 4 heteroatoms. The van der Waals surface area contributed by atoms with Gasteiger partial charge in [-0.1, -0.05) is 17.7 Å². The molecule has 0 aliphatic rings. The topological polar surface area (TPSA) is 30.0 Å². The van der Waals surface area contributed by atoms with Crippen molar-refractivity contribution in [2.75, 3.05) is 0 Å². The summed E-state index contributed by atoms with van der Waals surface area (Å²) in [5.41, 5.74) is 1.40. The summed E-state index contributed by atoms with van der Waals surface area (Å²) in [6.45, 7) is 1.85. The lowest BCUT2D eigenvalue weighted by atomic mass is 9.96. The first-order valence-electron chi connectivity index (χ1n) is 5.50. The molecule has 0 aliphatic heterocycles. The average Bonchev–Trinajstić information content (AvgIpc) is 2.41. The molecule has 0 amide bonds. The van der Waals surface area contributed by atoms with Gasteiger partial charge >= 0.3 is 0 Å². The summed E-state index contributed by atoms with van der Waals surface area (Å²) in [4.78, 5) is 16.5. The molecule has 1 aromatic carbocycles. The van der Waals surface area contributed by atoms with Crippen LogP contribution >= 0.6 is 27.5 Å². The molecule has 2 aromatic rings. The Morgan fingerprint density at radius 3 is 2.72 bits per heavy atom. The molecule has 0 radical (unpaired) electrons. The van der Waals surface area contributed by atoms with Crippen LogP contribution in [0.5, 0.6) is 0 Å². The predicted octanol–water partition coefficient (Wildman–Crippen LogP) is 4.48. The Kier molecular flexibility index (Phi) is 4.15. The Labute approximate surface area is 119 Å². The lowest BCUT2D eigenvalue weighted by Gasteiger charge is -2.10. The van der Waals surface area contributed by atoms with Crippen molar-refractivity contribution in [2.45, 2.75) is 12.8 Å². The number of carbonyl (C=O) groups excluding carboxylic acids is 1. The maximum atomic E-state index is 12.3. The third kappa shape index (κ3) is 2.79. The van der Waals surface area contributed by atoms with Gasteiger partial charge in [0.1, 0.15) is 0 Å². The van der Waals surface area contributed by atoms with Gasteiger partial charge in [-0.15, -0.1) is 0 Å². The van der Waals surface area contributed by atoms with Crippen LogP contribution in [0.25, 0.3) is 0 Å². The van der Waals surface area contributed by atoms with Crippen LogP contribution in [0.3, 0.4) is 0 Å². The number of Topliss-reactive ketones (excluding diaryl/α,β-unsaturated/α-hetero) is 1. The van der Waals surface area contributed by atoms with Crippen molar-refractivity contribution in [1.29, 1.82) is 0 Å². The van der Waals surface area contributed by atoms with Gasteiger partial charge in [0.15, 0.2) is 5.78 Å². The third-order valence-corrected chi connectivity index (χ3v) is 3.94. The largest absolute Gasteiger partial charge is 0.293 e. The number of ketones is 1. The first-order chi connectivity index (χ1) is 8.59. The predicted molar refractivity (Wildman–Crippen MR) is 76.1 cm³/mol. The Morgan fingerprint density at radius 2 is 2.11 bits per heavy atom. The first-order valence-corrected chi connectivity index (χ1v) is 6.67. The lowest BCUT2D eigenvalue weighted by Crippen LogP contribution is -2.10. The summed E-state index contributed by atoms with van der Waals surface area (Å²) in [6, 6.07) is 10.7. The van der Waals surface area contributed by atoms with Gasteiger partial charge in [0.2, 0.25) is 0 Å². The lowest BCUT2D eigenvalue weighted by molar-refractivity contribution is 0.0964. The molecular weight excluding hydrogens is 314 g/mol. The number of pyridine rings is 1. The maximum absolute atomic E-state index is 12.3. The molecule has 0 fully saturated rings. The van der Waals surface area contributed by atoms with E-state index >= 15 is 0 Å². The van der Waals surface area contributed by atoms with Gasteiger partial charge in [-0.2, -0.15) is 0 Å². The summed E-state index contributed by atoms with van der Waals surface area (Å²) < 4.78 is 0.725. The molecule has 1 unspecified atom stereocenters. The van der Waals surface area contributed by atoms with Crippen LogP contribution in [-0.2, 0) is 0 Å². The van der Waals surface area contributed by atoms with Crippen LogP contribution in [0, 0.1) is 0 Å². The van der Waals surface area contributed by atoms with E-state index in [1.165, 1.54) is 0 Å². The van der Waals surface area contributed by atoms with E-state index in [4.69, 9.17) is 11.6 Å². The molecule has 1 aromatic heterocycles. The van der Waals surface area contributed by atoms with Crippen LogP contribution in [0.2, 0.25) is 5.02 Å². The zero-order valence-corrected chi connectivity index (χ0v) is 12.1. The maximum Gasteiger partial charge on any atom is 0.171 e. The Morgan fingerprint density at radius 1 is 1.33 bits per heavy atom. The molecule has 92 valence electrons. The fourth-order valence-electron chi connectivity index (χ4n) is 1.67. The van der Waals surface area contributed by atoms with E-state index in [0.717, 1.165) is 10.2 Å². The monoisotopic (exact) mass is 323 g/mol. The minimum Gasteiger partial charge on any atom is -0.293 e. The standard InChI is InChI=1S/C14H11BrClNO/c1-9(13-4-2-3-7-17-13)14(18)10-5-6-12(16)11(15)8-10/h2-9H,1H3. The fraction of sp³-hybridized carbons (Fsp3) is 0.143. The van der Waals surface area contributed by atoms with Gasteiger partial charge in [-0.25, -0.2) is 0 Å². The van der Waals surface area contributed by atoms with Crippen molar-refractivity contribution >= 4 is 33.3 Å². The second-order valence-corrected chi connectivity index (χ2v) is 5.23. The zero-order chi connectivity index (χ0) is 13.1.